The molecule has 2 amide bonds. The van der Waals surface area contributed by atoms with Crippen molar-refractivity contribution in [1.29, 1.82) is 0 Å². The van der Waals surface area contributed by atoms with Gasteiger partial charge in [-0.1, -0.05) is 73.6 Å². The second-order valence-electron chi connectivity index (χ2n) is 14.2. The number of phenols is 1. The Kier molecular flexibility index (Phi) is 8.98. The number of fused-ring (bicyclic) bond motifs is 1. The van der Waals surface area contributed by atoms with Crippen LogP contribution >= 0.6 is 0 Å². The summed E-state index contributed by atoms with van der Waals surface area (Å²) in [6.07, 6.45) is 6.11. The van der Waals surface area contributed by atoms with Crippen LogP contribution in [0.15, 0.2) is 35.1 Å². The summed E-state index contributed by atoms with van der Waals surface area (Å²) in [7, 11) is 0. The number of ether oxygens (including phenoxy) is 1. The number of aromatic hydroxyl groups is 1. The van der Waals surface area contributed by atoms with Crippen LogP contribution in [0.3, 0.4) is 0 Å². The predicted octanol–water partition coefficient (Wildman–Crippen LogP) is 7.12. The van der Waals surface area contributed by atoms with Crippen LogP contribution in [-0.2, 0) is 26.2 Å². The molecule has 0 radical (unpaired) electrons. The lowest BCUT2D eigenvalue weighted by Gasteiger charge is -2.44. The van der Waals surface area contributed by atoms with E-state index in [2.05, 4.69) is 86.2 Å². The highest BCUT2D eigenvalue weighted by molar-refractivity contribution is 5.82. The van der Waals surface area contributed by atoms with Crippen molar-refractivity contribution in [3.05, 3.63) is 51.8 Å². The first-order valence-corrected chi connectivity index (χ1v) is 14.5. The number of aryl methyl sites for hydroxylation is 1. The molecule has 0 bridgehead atoms. The first kappa shape index (κ1) is 30.8. The van der Waals surface area contributed by atoms with Crippen molar-refractivity contribution in [2.45, 2.75) is 125 Å². The molecular formula is C33H50N2O4. The molecule has 39 heavy (non-hydrogen) atoms. The molecule has 1 unspecified atom stereocenters. The average Bonchev–Trinajstić information content (AvgIpc) is 2.97. The van der Waals surface area contributed by atoms with Crippen LogP contribution in [-0.4, -0.2) is 22.5 Å². The summed E-state index contributed by atoms with van der Waals surface area (Å²) in [5.74, 6) is 1.46. The molecule has 216 valence electrons. The molecular weight excluding hydrogens is 488 g/mol. The number of nitrogens with one attached hydrogen (secondary N) is 2. The number of phenolic OH excluding ortho intramolecular Hbond substituents is 1. The molecule has 3 N–H and O–H groups in total. The molecule has 1 aromatic rings. The van der Waals surface area contributed by atoms with E-state index in [-0.39, 0.29) is 40.6 Å². The fourth-order valence-electron chi connectivity index (χ4n) is 5.51. The van der Waals surface area contributed by atoms with E-state index >= 15 is 0 Å². The smallest absolute Gasteiger partial charge is 0.238 e. The second kappa shape index (κ2) is 11.4. The molecule has 0 saturated carbocycles. The quantitative estimate of drug-likeness (QED) is 0.323. The zero-order chi connectivity index (χ0) is 29.3. The topological polar surface area (TPSA) is 87.7 Å². The minimum absolute atomic E-state index is 0.0479. The van der Waals surface area contributed by atoms with Gasteiger partial charge in [0.2, 0.25) is 11.8 Å². The highest BCUT2D eigenvalue weighted by Gasteiger charge is 2.45. The Balaban J connectivity index is 1.51. The molecule has 1 fully saturated rings. The lowest BCUT2D eigenvalue weighted by molar-refractivity contribution is -0.129. The number of hydrazine groups is 1. The Hall–Kier alpha value is -2.76. The van der Waals surface area contributed by atoms with Gasteiger partial charge < -0.3 is 9.84 Å². The molecule has 1 aromatic carbocycles. The van der Waals surface area contributed by atoms with E-state index in [1.807, 2.05) is 12.1 Å². The van der Waals surface area contributed by atoms with Crippen molar-refractivity contribution in [3.8, 4) is 5.75 Å². The molecule has 1 aliphatic heterocycles. The molecule has 2 aliphatic rings. The highest BCUT2D eigenvalue weighted by atomic mass is 16.5. The number of carbonyl (C=O) groups excluding carboxylic acids is 2. The van der Waals surface area contributed by atoms with Gasteiger partial charge in [-0.25, -0.2) is 0 Å². The minimum Gasteiger partial charge on any atom is -0.507 e. The van der Waals surface area contributed by atoms with Crippen LogP contribution in [0.2, 0.25) is 0 Å². The van der Waals surface area contributed by atoms with Crippen LogP contribution in [0.5, 0.6) is 5.75 Å². The van der Waals surface area contributed by atoms with Gasteiger partial charge in [0, 0.05) is 18.4 Å². The first-order chi connectivity index (χ1) is 17.9. The maximum Gasteiger partial charge on any atom is 0.238 e. The van der Waals surface area contributed by atoms with Crippen molar-refractivity contribution >= 4 is 11.8 Å². The van der Waals surface area contributed by atoms with Crippen LogP contribution < -0.4 is 10.9 Å². The Morgan fingerprint density at radius 1 is 1.03 bits per heavy atom. The lowest BCUT2D eigenvalue weighted by atomic mass is 9.78. The van der Waals surface area contributed by atoms with Crippen LogP contribution in [0.4, 0.5) is 0 Å². The van der Waals surface area contributed by atoms with Crippen molar-refractivity contribution in [1.82, 2.24) is 10.9 Å². The standard InChI is InChI=1S/C33H50N2O4/c1-20(2)23-17-22(19-25(29(23)38)32(6,7)8)13-16-28(37)35-34-27(36)15-12-21-11-14-24(31(3,4)5)30-26(18-21)33(9,10)39-30/h17-21,38H,11-16H2,1-10H3,(H,34,36)(H,35,37). The Labute approximate surface area is 235 Å². The number of benzene rings is 1. The molecule has 0 spiro atoms. The van der Waals surface area contributed by atoms with E-state index in [1.165, 1.54) is 11.1 Å². The number of rotatable bonds is 7. The molecule has 1 saturated heterocycles. The van der Waals surface area contributed by atoms with E-state index in [9.17, 15) is 14.7 Å². The molecule has 1 heterocycles. The van der Waals surface area contributed by atoms with Gasteiger partial charge >= 0.3 is 0 Å². The molecule has 3 rings (SSSR count). The highest BCUT2D eigenvalue weighted by Crippen LogP contribution is 2.50. The van der Waals surface area contributed by atoms with Crippen LogP contribution in [0, 0.1) is 11.3 Å². The van der Waals surface area contributed by atoms with Crippen molar-refractivity contribution in [2.24, 2.45) is 11.3 Å². The maximum absolute atomic E-state index is 12.6. The van der Waals surface area contributed by atoms with Gasteiger partial charge in [-0.15, -0.1) is 0 Å². The molecule has 1 atom stereocenters. The molecule has 0 aromatic heterocycles. The number of carbonyl (C=O) groups is 2. The molecule has 6 nitrogen and oxygen atoms in total. The van der Waals surface area contributed by atoms with E-state index in [0.717, 1.165) is 41.7 Å². The van der Waals surface area contributed by atoms with Crippen molar-refractivity contribution in [3.63, 3.8) is 0 Å². The van der Waals surface area contributed by atoms with Gasteiger partial charge in [0.1, 0.15) is 17.1 Å². The summed E-state index contributed by atoms with van der Waals surface area (Å²) in [6.45, 7) is 21.2. The van der Waals surface area contributed by atoms with E-state index in [0.29, 0.717) is 24.5 Å². The number of amides is 2. The van der Waals surface area contributed by atoms with Crippen molar-refractivity contribution < 1.29 is 19.4 Å². The van der Waals surface area contributed by atoms with Gasteiger partial charge in [0.15, 0.2) is 0 Å². The zero-order valence-corrected chi connectivity index (χ0v) is 25.8. The Bertz CT molecular complexity index is 1160. The predicted molar refractivity (Wildman–Crippen MR) is 157 cm³/mol. The van der Waals surface area contributed by atoms with Crippen LogP contribution in [0.25, 0.3) is 0 Å². The zero-order valence-electron chi connectivity index (χ0n) is 25.8. The van der Waals surface area contributed by atoms with Crippen LogP contribution in [0.1, 0.15) is 124 Å². The van der Waals surface area contributed by atoms with Gasteiger partial charge in [-0.05, 0) is 84.5 Å². The lowest BCUT2D eigenvalue weighted by Crippen LogP contribution is -2.41. The summed E-state index contributed by atoms with van der Waals surface area (Å²) in [5, 5.41) is 10.8. The summed E-state index contributed by atoms with van der Waals surface area (Å²) in [4.78, 5) is 25.1. The third-order valence-electron chi connectivity index (χ3n) is 7.95. The first-order valence-electron chi connectivity index (χ1n) is 14.5. The van der Waals surface area contributed by atoms with E-state index in [4.69, 9.17) is 4.74 Å². The fraction of sp³-hybridized carbons (Fsp3) is 0.636. The summed E-state index contributed by atoms with van der Waals surface area (Å²) in [5.41, 5.74) is 10.1. The monoisotopic (exact) mass is 538 g/mol. The van der Waals surface area contributed by atoms with E-state index in [1.54, 1.807) is 0 Å². The average molecular weight is 539 g/mol. The summed E-state index contributed by atoms with van der Waals surface area (Å²) in [6, 6.07) is 3.98. The van der Waals surface area contributed by atoms with Gasteiger partial charge in [-0.2, -0.15) is 0 Å². The van der Waals surface area contributed by atoms with Gasteiger partial charge in [0.25, 0.3) is 0 Å². The Morgan fingerprint density at radius 3 is 2.18 bits per heavy atom. The van der Waals surface area contributed by atoms with Gasteiger partial charge in [-0.3, -0.25) is 20.4 Å². The largest absolute Gasteiger partial charge is 0.507 e. The third-order valence-corrected chi connectivity index (χ3v) is 7.95. The minimum atomic E-state index is -0.286. The number of allylic oxidation sites excluding steroid dienone is 2. The van der Waals surface area contributed by atoms with Crippen molar-refractivity contribution in [2.75, 3.05) is 0 Å². The third kappa shape index (κ3) is 7.46. The summed E-state index contributed by atoms with van der Waals surface area (Å²) >= 11 is 0. The Morgan fingerprint density at radius 2 is 1.64 bits per heavy atom. The number of hydrogen-bond acceptors (Lipinski definition) is 4. The second-order valence-corrected chi connectivity index (χ2v) is 14.2. The SMILES string of the molecule is CC(C)c1cc(CCC(=O)NNC(=O)CCC2C=C3C(=C(C(C)(C)C)CC2)OC3(C)C)cc(C(C)(C)C)c1O. The normalized spacial score (nSPS) is 18.9. The summed E-state index contributed by atoms with van der Waals surface area (Å²) < 4.78 is 6.16. The van der Waals surface area contributed by atoms with Gasteiger partial charge in [0.05, 0.1) is 0 Å². The van der Waals surface area contributed by atoms with E-state index < -0.39 is 0 Å². The molecule has 6 heteroatoms. The molecule has 1 aliphatic carbocycles. The fourth-order valence-corrected chi connectivity index (χ4v) is 5.51. The number of hydrogen-bond donors (Lipinski definition) is 3. The maximum atomic E-state index is 12.6.